The fourth-order valence-corrected chi connectivity index (χ4v) is 4.61. The molecule has 2 atom stereocenters. The highest BCUT2D eigenvalue weighted by molar-refractivity contribution is 5.64. The molecule has 0 amide bonds. The molecule has 1 aliphatic heterocycles. The number of aromatic nitrogens is 2. The number of fused-ring (bicyclic) bond motifs is 1. The first-order valence-corrected chi connectivity index (χ1v) is 12.8. The highest BCUT2D eigenvalue weighted by Crippen LogP contribution is 2.35. The van der Waals surface area contributed by atoms with Crippen molar-refractivity contribution in [2.45, 2.75) is 85.7 Å². The van der Waals surface area contributed by atoms with Crippen LogP contribution in [-0.2, 0) is 6.67 Å². The van der Waals surface area contributed by atoms with Crippen molar-refractivity contribution in [1.82, 2.24) is 14.7 Å². The van der Waals surface area contributed by atoms with Gasteiger partial charge in [-0.3, -0.25) is 9.58 Å². The zero-order valence-electron chi connectivity index (χ0n) is 20.7. The maximum Gasteiger partial charge on any atom is 0.231 e. The van der Waals surface area contributed by atoms with Gasteiger partial charge >= 0.3 is 0 Å². The lowest BCUT2D eigenvalue weighted by molar-refractivity contribution is 0.138. The van der Waals surface area contributed by atoms with Gasteiger partial charge in [0.15, 0.2) is 11.5 Å². The molecule has 0 bridgehead atoms. The van der Waals surface area contributed by atoms with E-state index in [1.165, 1.54) is 64.5 Å². The van der Waals surface area contributed by atoms with Gasteiger partial charge < -0.3 is 9.47 Å². The van der Waals surface area contributed by atoms with E-state index in [1.54, 1.807) is 0 Å². The van der Waals surface area contributed by atoms with Crippen LogP contribution in [0.15, 0.2) is 30.5 Å². The van der Waals surface area contributed by atoms with Crippen LogP contribution < -0.4 is 9.47 Å². The Balaban J connectivity index is 1.70. The maximum atomic E-state index is 5.54. The summed E-state index contributed by atoms with van der Waals surface area (Å²) in [5, 5.41) is 4.91. The van der Waals surface area contributed by atoms with Crippen molar-refractivity contribution >= 4 is 0 Å². The van der Waals surface area contributed by atoms with E-state index in [-0.39, 0.29) is 0 Å². The third kappa shape index (κ3) is 6.99. The molecule has 0 radical (unpaired) electrons. The van der Waals surface area contributed by atoms with Crippen LogP contribution >= 0.6 is 0 Å². The van der Waals surface area contributed by atoms with E-state index in [0.717, 1.165) is 41.3 Å². The van der Waals surface area contributed by atoms with Crippen LogP contribution in [0.2, 0.25) is 0 Å². The molecule has 0 spiro atoms. The highest BCUT2D eigenvalue weighted by Gasteiger charge is 2.19. The Morgan fingerprint density at radius 1 is 0.906 bits per heavy atom. The van der Waals surface area contributed by atoms with Gasteiger partial charge in [-0.15, -0.1) is 0 Å². The number of nitrogens with zero attached hydrogens (tertiary/aromatic N) is 3. The fraction of sp³-hybridized carbons (Fsp3) is 0.667. The maximum absolute atomic E-state index is 5.54. The Kier molecular flexibility index (Phi) is 9.91. The van der Waals surface area contributed by atoms with Crippen molar-refractivity contribution in [2.24, 2.45) is 11.8 Å². The lowest BCUT2D eigenvalue weighted by atomic mass is 9.96. The van der Waals surface area contributed by atoms with Crippen molar-refractivity contribution in [1.29, 1.82) is 0 Å². The lowest BCUT2D eigenvalue weighted by Gasteiger charge is -2.30. The number of hydrogen-bond acceptors (Lipinski definition) is 4. The Labute approximate surface area is 195 Å². The topological polar surface area (TPSA) is 39.5 Å². The van der Waals surface area contributed by atoms with E-state index < -0.39 is 0 Å². The van der Waals surface area contributed by atoms with Gasteiger partial charge in [-0.25, -0.2) is 0 Å². The molecular formula is C27H43N3O2. The molecular weight excluding hydrogens is 398 g/mol. The third-order valence-electron chi connectivity index (χ3n) is 6.77. The lowest BCUT2D eigenvalue weighted by Crippen LogP contribution is -2.35. The molecule has 1 aliphatic rings. The van der Waals surface area contributed by atoms with Gasteiger partial charge in [-0.05, 0) is 48.9 Å². The van der Waals surface area contributed by atoms with E-state index >= 15 is 0 Å². The normalized spacial score (nSPS) is 14.8. The minimum atomic E-state index is 0.301. The molecule has 1 aromatic carbocycles. The van der Waals surface area contributed by atoms with Crippen LogP contribution in [0.1, 0.15) is 79.1 Å². The molecule has 5 heteroatoms. The van der Waals surface area contributed by atoms with Crippen LogP contribution in [0.25, 0.3) is 11.3 Å². The summed E-state index contributed by atoms with van der Waals surface area (Å²) in [7, 11) is 0. The molecule has 0 saturated carbocycles. The summed E-state index contributed by atoms with van der Waals surface area (Å²) >= 11 is 0. The first-order valence-electron chi connectivity index (χ1n) is 12.8. The molecule has 0 saturated heterocycles. The molecule has 2 heterocycles. The summed E-state index contributed by atoms with van der Waals surface area (Å²) in [5.74, 6) is 3.15. The SMILES string of the molecule is CCCCC(CC)CN(CC(CC)CCCC)Cn1ccc(-c2ccc3c(c2)OCO3)n1. The number of unbranched alkanes of at least 4 members (excludes halogenated alkanes) is 2. The fourth-order valence-electron chi connectivity index (χ4n) is 4.61. The largest absolute Gasteiger partial charge is 0.454 e. The van der Waals surface area contributed by atoms with Crippen LogP contribution in [0, 0.1) is 11.8 Å². The quantitative estimate of drug-likeness (QED) is 0.299. The molecule has 178 valence electrons. The highest BCUT2D eigenvalue weighted by atomic mass is 16.7. The molecule has 2 aromatic rings. The van der Waals surface area contributed by atoms with E-state index in [9.17, 15) is 0 Å². The summed E-state index contributed by atoms with van der Waals surface area (Å²) in [5.41, 5.74) is 2.06. The van der Waals surface area contributed by atoms with Gasteiger partial charge in [0.2, 0.25) is 6.79 Å². The van der Waals surface area contributed by atoms with E-state index in [4.69, 9.17) is 14.6 Å². The summed E-state index contributed by atoms with van der Waals surface area (Å²) < 4.78 is 13.1. The average molecular weight is 442 g/mol. The van der Waals surface area contributed by atoms with Gasteiger partial charge in [-0.2, -0.15) is 5.10 Å². The second kappa shape index (κ2) is 12.9. The first kappa shape index (κ1) is 24.6. The van der Waals surface area contributed by atoms with Crippen molar-refractivity contribution < 1.29 is 9.47 Å². The molecule has 2 unspecified atom stereocenters. The minimum Gasteiger partial charge on any atom is -0.454 e. The van der Waals surface area contributed by atoms with Crippen molar-refractivity contribution in [3.8, 4) is 22.8 Å². The van der Waals surface area contributed by atoms with Crippen molar-refractivity contribution in [3.05, 3.63) is 30.5 Å². The smallest absolute Gasteiger partial charge is 0.231 e. The first-order chi connectivity index (χ1) is 15.7. The summed E-state index contributed by atoms with van der Waals surface area (Å²) in [6.45, 7) is 12.8. The zero-order chi connectivity index (χ0) is 22.8. The number of hydrogen-bond donors (Lipinski definition) is 0. The Hall–Kier alpha value is -2.01. The monoisotopic (exact) mass is 441 g/mol. The van der Waals surface area contributed by atoms with Crippen LogP contribution in [0.3, 0.4) is 0 Å². The molecule has 1 aromatic heterocycles. The van der Waals surface area contributed by atoms with Gasteiger partial charge in [0.05, 0.1) is 12.4 Å². The Bertz CT molecular complexity index is 786. The minimum absolute atomic E-state index is 0.301. The molecule has 5 nitrogen and oxygen atoms in total. The predicted molar refractivity (Wildman–Crippen MR) is 132 cm³/mol. The van der Waals surface area contributed by atoms with Crippen molar-refractivity contribution in [2.75, 3.05) is 19.9 Å². The van der Waals surface area contributed by atoms with E-state index in [0.29, 0.717) is 6.79 Å². The third-order valence-corrected chi connectivity index (χ3v) is 6.77. The number of benzene rings is 1. The Morgan fingerprint density at radius 2 is 1.56 bits per heavy atom. The van der Waals surface area contributed by atoms with E-state index in [1.807, 2.05) is 12.1 Å². The Morgan fingerprint density at radius 3 is 2.19 bits per heavy atom. The van der Waals surface area contributed by atoms with Gasteiger partial charge in [0.1, 0.15) is 0 Å². The van der Waals surface area contributed by atoms with E-state index in [2.05, 4.69) is 55.6 Å². The predicted octanol–water partition coefficient (Wildman–Crippen LogP) is 6.97. The standard InChI is InChI=1S/C27H43N3O2/c1-5-9-11-22(7-3)18-29(19-23(8-4)12-10-6-2)20-30-16-15-25(28-30)24-13-14-26-27(17-24)32-21-31-26/h13-17,22-23H,5-12,18-21H2,1-4H3. The number of rotatable bonds is 15. The molecule has 0 aliphatic carbocycles. The molecule has 3 rings (SSSR count). The molecule has 0 N–H and O–H groups in total. The summed E-state index contributed by atoms with van der Waals surface area (Å²) in [6, 6.07) is 8.18. The molecule has 32 heavy (non-hydrogen) atoms. The molecule has 0 fully saturated rings. The zero-order valence-corrected chi connectivity index (χ0v) is 20.7. The average Bonchev–Trinajstić information content (AvgIpc) is 3.48. The van der Waals surface area contributed by atoms with Crippen molar-refractivity contribution in [3.63, 3.8) is 0 Å². The van der Waals surface area contributed by atoms with Crippen LogP contribution in [-0.4, -0.2) is 34.6 Å². The van der Waals surface area contributed by atoms with Gasteiger partial charge in [0, 0.05) is 24.8 Å². The van der Waals surface area contributed by atoms with Crippen LogP contribution in [0.5, 0.6) is 11.5 Å². The second-order valence-electron chi connectivity index (χ2n) is 9.32. The van der Waals surface area contributed by atoms with Gasteiger partial charge in [0.25, 0.3) is 0 Å². The van der Waals surface area contributed by atoms with Gasteiger partial charge in [-0.1, -0.05) is 66.2 Å². The van der Waals surface area contributed by atoms with Crippen LogP contribution in [0.4, 0.5) is 0 Å². The summed E-state index contributed by atoms with van der Waals surface area (Å²) in [4.78, 5) is 2.66. The summed E-state index contributed by atoms with van der Waals surface area (Å²) in [6.07, 6.45) is 12.5. The second-order valence-corrected chi connectivity index (χ2v) is 9.32. The number of ether oxygens (including phenoxy) is 2.